The van der Waals surface area contributed by atoms with Crippen LogP contribution in [0.3, 0.4) is 0 Å². The monoisotopic (exact) mass is 280 g/mol. The lowest BCUT2D eigenvalue weighted by atomic mass is 9.96. The van der Waals surface area contributed by atoms with E-state index in [-0.39, 0.29) is 17.3 Å². The second-order valence-electron chi connectivity index (χ2n) is 4.93. The van der Waals surface area contributed by atoms with Crippen molar-refractivity contribution in [3.8, 4) is 0 Å². The lowest BCUT2D eigenvalue weighted by Gasteiger charge is -2.23. The molecule has 0 radical (unpaired) electrons. The number of anilines is 1. The number of amides is 2. The van der Waals surface area contributed by atoms with Crippen LogP contribution < -0.4 is 10.6 Å². The molecule has 0 aromatic heterocycles. The highest BCUT2D eigenvalue weighted by Gasteiger charge is 2.17. The van der Waals surface area contributed by atoms with E-state index in [2.05, 4.69) is 10.6 Å². The first-order valence-corrected chi connectivity index (χ1v) is 6.66. The molecule has 6 heteroatoms. The molecule has 2 amide bonds. The van der Waals surface area contributed by atoms with Gasteiger partial charge in [-0.1, -0.05) is 19.3 Å². The minimum Gasteiger partial charge on any atom is -0.478 e. The average Bonchev–Trinajstić information content (AvgIpc) is 2.41. The van der Waals surface area contributed by atoms with Crippen LogP contribution in [0.4, 0.5) is 14.9 Å². The van der Waals surface area contributed by atoms with Crippen molar-refractivity contribution in [2.24, 2.45) is 0 Å². The van der Waals surface area contributed by atoms with Gasteiger partial charge < -0.3 is 15.7 Å². The summed E-state index contributed by atoms with van der Waals surface area (Å²) in [7, 11) is 0. The van der Waals surface area contributed by atoms with Gasteiger partial charge in [0.2, 0.25) is 0 Å². The van der Waals surface area contributed by atoms with Gasteiger partial charge in [0.1, 0.15) is 5.82 Å². The van der Waals surface area contributed by atoms with Gasteiger partial charge >= 0.3 is 12.0 Å². The average molecular weight is 280 g/mol. The molecule has 0 bridgehead atoms. The predicted octanol–water partition coefficient (Wildman–Crippen LogP) is 2.98. The molecule has 1 fully saturated rings. The molecular formula is C14H17FN2O3. The van der Waals surface area contributed by atoms with Crippen molar-refractivity contribution in [2.75, 3.05) is 5.32 Å². The van der Waals surface area contributed by atoms with Crippen LogP contribution in [0.1, 0.15) is 42.5 Å². The second kappa shape index (κ2) is 6.36. The highest BCUT2D eigenvalue weighted by molar-refractivity contribution is 6.00. The summed E-state index contributed by atoms with van der Waals surface area (Å²) in [5.41, 5.74) is -0.170. The molecule has 0 atom stereocenters. The summed E-state index contributed by atoms with van der Waals surface area (Å²) in [4.78, 5) is 22.8. The van der Waals surface area contributed by atoms with E-state index in [0.717, 1.165) is 37.8 Å². The van der Waals surface area contributed by atoms with E-state index in [1.807, 2.05) is 0 Å². The Kier molecular flexibility index (Phi) is 4.55. The standard InChI is InChI=1S/C14H17FN2O3/c15-9-6-7-12(11(8-9)13(18)19)17-14(20)16-10-4-2-1-3-5-10/h6-8,10H,1-5H2,(H,18,19)(H2,16,17,20). The smallest absolute Gasteiger partial charge is 0.337 e. The summed E-state index contributed by atoms with van der Waals surface area (Å²) in [6.45, 7) is 0. The zero-order valence-corrected chi connectivity index (χ0v) is 11.0. The lowest BCUT2D eigenvalue weighted by Crippen LogP contribution is -2.39. The van der Waals surface area contributed by atoms with E-state index < -0.39 is 17.8 Å². The number of halogens is 1. The van der Waals surface area contributed by atoms with Crippen LogP contribution in [-0.4, -0.2) is 23.1 Å². The number of benzene rings is 1. The van der Waals surface area contributed by atoms with Crippen molar-refractivity contribution in [3.63, 3.8) is 0 Å². The van der Waals surface area contributed by atoms with Crippen LogP contribution in [-0.2, 0) is 0 Å². The third kappa shape index (κ3) is 3.69. The van der Waals surface area contributed by atoms with E-state index in [1.165, 1.54) is 12.5 Å². The Bertz CT molecular complexity index is 513. The molecule has 0 heterocycles. The molecule has 2 rings (SSSR count). The summed E-state index contributed by atoms with van der Waals surface area (Å²) >= 11 is 0. The maximum Gasteiger partial charge on any atom is 0.337 e. The Labute approximate surface area is 116 Å². The van der Waals surface area contributed by atoms with Crippen LogP contribution in [0.5, 0.6) is 0 Å². The second-order valence-corrected chi connectivity index (χ2v) is 4.93. The van der Waals surface area contributed by atoms with Gasteiger partial charge in [-0.25, -0.2) is 14.0 Å². The van der Waals surface area contributed by atoms with Gasteiger partial charge in [-0.3, -0.25) is 0 Å². The normalized spacial score (nSPS) is 15.7. The van der Waals surface area contributed by atoms with Crippen molar-refractivity contribution >= 4 is 17.7 Å². The number of carbonyl (C=O) groups is 2. The van der Waals surface area contributed by atoms with Gasteiger partial charge in [0.05, 0.1) is 11.3 Å². The number of nitrogens with one attached hydrogen (secondary N) is 2. The first-order chi connectivity index (χ1) is 9.56. The summed E-state index contributed by atoms with van der Waals surface area (Å²) in [6, 6.07) is 2.92. The Hall–Kier alpha value is -2.11. The highest BCUT2D eigenvalue weighted by Crippen LogP contribution is 2.19. The molecule has 5 nitrogen and oxygen atoms in total. The van der Waals surface area contributed by atoms with Crippen molar-refractivity contribution in [2.45, 2.75) is 38.1 Å². The highest BCUT2D eigenvalue weighted by atomic mass is 19.1. The Morgan fingerprint density at radius 2 is 1.90 bits per heavy atom. The predicted molar refractivity (Wildman–Crippen MR) is 72.4 cm³/mol. The molecule has 20 heavy (non-hydrogen) atoms. The number of aromatic carboxylic acids is 1. The topological polar surface area (TPSA) is 78.4 Å². The van der Waals surface area contributed by atoms with Gasteiger partial charge in [0.25, 0.3) is 0 Å². The number of rotatable bonds is 3. The van der Waals surface area contributed by atoms with Crippen molar-refractivity contribution in [1.29, 1.82) is 0 Å². The van der Waals surface area contributed by atoms with E-state index >= 15 is 0 Å². The van der Waals surface area contributed by atoms with E-state index in [9.17, 15) is 14.0 Å². The Morgan fingerprint density at radius 3 is 2.55 bits per heavy atom. The van der Waals surface area contributed by atoms with Gasteiger partial charge in [0, 0.05) is 6.04 Å². The molecule has 1 aliphatic rings. The molecule has 1 saturated carbocycles. The van der Waals surface area contributed by atoms with E-state index in [4.69, 9.17) is 5.11 Å². The number of carbonyl (C=O) groups excluding carboxylic acids is 1. The zero-order valence-electron chi connectivity index (χ0n) is 11.0. The van der Waals surface area contributed by atoms with Crippen LogP contribution >= 0.6 is 0 Å². The molecule has 0 saturated heterocycles. The minimum absolute atomic E-state index is 0.0900. The molecule has 1 aromatic rings. The molecule has 1 aromatic carbocycles. The molecule has 0 spiro atoms. The first-order valence-electron chi connectivity index (χ1n) is 6.66. The number of carboxylic acid groups (broad SMARTS) is 1. The largest absolute Gasteiger partial charge is 0.478 e. The number of urea groups is 1. The van der Waals surface area contributed by atoms with Crippen molar-refractivity contribution in [1.82, 2.24) is 5.32 Å². The fourth-order valence-corrected chi connectivity index (χ4v) is 2.39. The maximum atomic E-state index is 13.0. The fourth-order valence-electron chi connectivity index (χ4n) is 2.39. The molecule has 3 N–H and O–H groups in total. The number of hydrogen-bond donors (Lipinski definition) is 3. The quantitative estimate of drug-likeness (QED) is 0.796. The van der Waals surface area contributed by atoms with Crippen LogP contribution in [0, 0.1) is 5.82 Å². The van der Waals surface area contributed by atoms with Crippen molar-refractivity contribution in [3.05, 3.63) is 29.6 Å². The van der Waals surface area contributed by atoms with Gasteiger partial charge in [0.15, 0.2) is 0 Å². The Balaban J connectivity index is 2.01. The van der Waals surface area contributed by atoms with Gasteiger partial charge in [-0.05, 0) is 31.0 Å². The van der Waals surface area contributed by atoms with Crippen LogP contribution in [0.2, 0.25) is 0 Å². The Morgan fingerprint density at radius 1 is 1.20 bits per heavy atom. The van der Waals surface area contributed by atoms with Gasteiger partial charge in [-0.15, -0.1) is 0 Å². The lowest BCUT2D eigenvalue weighted by molar-refractivity contribution is 0.0697. The number of carboxylic acids is 1. The summed E-state index contributed by atoms with van der Waals surface area (Å²) in [5.74, 6) is -1.93. The van der Waals surface area contributed by atoms with E-state index in [1.54, 1.807) is 0 Å². The molecule has 0 unspecified atom stereocenters. The van der Waals surface area contributed by atoms with Crippen LogP contribution in [0.25, 0.3) is 0 Å². The molecule has 0 aliphatic heterocycles. The number of hydrogen-bond acceptors (Lipinski definition) is 2. The fraction of sp³-hybridized carbons (Fsp3) is 0.429. The van der Waals surface area contributed by atoms with E-state index in [0.29, 0.717) is 0 Å². The molecule has 1 aliphatic carbocycles. The van der Waals surface area contributed by atoms with Gasteiger partial charge in [-0.2, -0.15) is 0 Å². The first kappa shape index (κ1) is 14.3. The summed E-state index contributed by atoms with van der Waals surface area (Å²) < 4.78 is 13.0. The molecule has 108 valence electrons. The third-order valence-electron chi connectivity index (χ3n) is 3.40. The van der Waals surface area contributed by atoms with Crippen molar-refractivity contribution < 1.29 is 19.1 Å². The minimum atomic E-state index is -1.28. The van der Waals surface area contributed by atoms with Crippen LogP contribution in [0.15, 0.2) is 18.2 Å². The zero-order chi connectivity index (χ0) is 14.5. The third-order valence-corrected chi connectivity index (χ3v) is 3.40. The SMILES string of the molecule is O=C(Nc1ccc(F)cc1C(=O)O)NC1CCCCC1. The molecular weight excluding hydrogens is 263 g/mol. The summed E-state index contributed by atoms with van der Waals surface area (Å²) in [5, 5.41) is 14.3. The summed E-state index contributed by atoms with van der Waals surface area (Å²) in [6.07, 6.45) is 5.22. The maximum absolute atomic E-state index is 13.0.